The van der Waals surface area contributed by atoms with Gasteiger partial charge < -0.3 is 10.1 Å². The molecule has 1 aromatic heterocycles. The first-order valence-corrected chi connectivity index (χ1v) is 6.56. The van der Waals surface area contributed by atoms with Crippen LogP contribution in [0.3, 0.4) is 0 Å². The van der Waals surface area contributed by atoms with Crippen LogP contribution in [-0.4, -0.2) is 11.1 Å². The molecular weight excluding hydrogens is 236 g/mol. The van der Waals surface area contributed by atoms with Crippen LogP contribution < -0.4 is 10.1 Å². The SMILES string of the molecule is Cc1ccc(CNc2ccccc2OC(C)C)nc1. The number of nitrogens with one attached hydrogen (secondary N) is 1. The zero-order valence-corrected chi connectivity index (χ0v) is 11.7. The Labute approximate surface area is 114 Å². The number of hydrogen-bond donors (Lipinski definition) is 1. The van der Waals surface area contributed by atoms with Gasteiger partial charge in [-0.15, -0.1) is 0 Å². The van der Waals surface area contributed by atoms with Crippen LogP contribution in [0.15, 0.2) is 42.6 Å². The zero-order chi connectivity index (χ0) is 13.7. The maximum Gasteiger partial charge on any atom is 0.142 e. The molecule has 0 saturated heterocycles. The van der Waals surface area contributed by atoms with Crippen LogP contribution in [0.4, 0.5) is 5.69 Å². The van der Waals surface area contributed by atoms with Gasteiger partial charge in [0.25, 0.3) is 0 Å². The molecule has 100 valence electrons. The van der Waals surface area contributed by atoms with E-state index in [2.05, 4.69) is 16.4 Å². The lowest BCUT2D eigenvalue weighted by Gasteiger charge is -2.15. The molecule has 1 heterocycles. The molecule has 2 aromatic rings. The summed E-state index contributed by atoms with van der Waals surface area (Å²) in [6.07, 6.45) is 2.05. The third-order valence-electron chi connectivity index (χ3n) is 2.68. The Hall–Kier alpha value is -2.03. The predicted molar refractivity (Wildman–Crippen MR) is 78.5 cm³/mol. The fourth-order valence-electron chi connectivity index (χ4n) is 1.76. The number of anilines is 1. The number of benzene rings is 1. The summed E-state index contributed by atoms with van der Waals surface area (Å²) >= 11 is 0. The number of aromatic nitrogens is 1. The van der Waals surface area contributed by atoms with Crippen LogP contribution in [0.1, 0.15) is 25.1 Å². The van der Waals surface area contributed by atoms with Crippen LogP contribution in [0.2, 0.25) is 0 Å². The van der Waals surface area contributed by atoms with Crippen LogP contribution in [-0.2, 0) is 6.54 Å². The standard InChI is InChI=1S/C16H20N2O/c1-12(2)19-16-7-5-4-6-15(16)18-11-14-9-8-13(3)10-17-14/h4-10,12,18H,11H2,1-3H3. The average molecular weight is 256 g/mol. The lowest BCUT2D eigenvalue weighted by molar-refractivity contribution is 0.243. The van der Waals surface area contributed by atoms with Crippen LogP contribution in [0.5, 0.6) is 5.75 Å². The minimum Gasteiger partial charge on any atom is -0.489 e. The summed E-state index contributed by atoms with van der Waals surface area (Å²) in [7, 11) is 0. The maximum absolute atomic E-state index is 5.77. The number of ether oxygens (including phenoxy) is 1. The van der Waals surface area contributed by atoms with E-state index in [1.165, 1.54) is 5.56 Å². The van der Waals surface area contributed by atoms with Gasteiger partial charge in [0.15, 0.2) is 0 Å². The monoisotopic (exact) mass is 256 g/mol. The second-order valence-corrected chi connectivity index (χ2v) is 4.84. The summed E-state index contributed by atoms with van der Waals surface area (Å²) in [6.45, 7) is 6.78. The first-order valence-electron chi connectivity index (χ1n) is 6.56. The van der Waals surface area contributed by atoms with Crippen molar-refractivity contribution < 1.29 is 4.74 Å². The Kier molecular flexibility index (Phi) is 4.39. The average Bonchev–Trinajstić information content (AvgIpc) is 2.39. The van der Waals surface area contributed by atoms with Crippen LogP contribution in [0.25, 0.3) is 0 Å². The molecule has 19 heavy (non-hydrogen) atoms. The summed E-state index contributed by atoms with van der Waals surface area (Å²) < 4.78 is 5.77. The van der Waals surface area contributed by atoms with E-state index >= 15 is 0 Å². The molecule has 1 aromatic carbocycles. The van der Waals surface area contributed by atoms with Gasteiger partial charge in [0.05, 0.1) is 24.0 Å². The molecule has 0 aliphatic carbocycles. The van der Waals surface area contributed by atoms with Gasteiger partial charge in [-0.3, -0.25) is 4.98 Å². The van der Waals surface area contributed by atoms with Gasteiger partial charge in [0.2, 0.25) is 0 Å². The molecule has 2 rings (SSSR count). The van der Waals surface area contributed by atoms with Gasteiger partial charge in [-0.1, -0.05) is 18.2 Å². The van der Waals surface area contributed by atoms with Crippen molar-refractivity contribution in [3.8, 4) is 5.75 Å². The van der Waals surface area contributed by atoms with E-state index in [1.54, 1.807) is 0 Å². The quantitative estimate of drug-likeness (QED) is 0.883. The molecule has 0 spiro atoms. The van der Waals surface area contributed by atoms with Crippen LogP contribution >= 0.6 is 0 Å². The van der Waals surface area contributed by atoms with Gasteiger partial charge in [0, 0.05) is 6.20 Å². The Bertz CT molecular complexity index is 521. The molecule has 0 aliphatic rings. The third-order valence-corrected chi connectivity index (χ3v) is 2.68. The molecule has 3 heteroatoms. The van der Waals surface area contributed by atoms with Gasteiger partial charge in [-0.05, 0) is 44.5 Å². The Balaban J connectivity index is 2.04. The highest BCUT2D eigenvalue weighted by molar-refractivity contribution is 5.56. The molecular formula is C16H20N2O. The van der Waals surface area contributed by atoms with E-state index in [4.69, 9.17) is 4.74 Å². The van der Waals surface area contributed by atoms with Crippen molar-refractivity contribution in [2.24, 2.45) is 0 Å². The zero-order valence-electron chi connectivity index (χ0n) is 11.7. The lowest BCUT2D eigenvalue weighted by Crippen LogP contribution is -2.09. The molecule has 0 radical (unpaired) electrons. The number of aryl methyl sites for hydroxylation is 1. The second-order valence-electron chi connectivity index (χ2n) is 4.84. The molecule has 0 bridgehead atoms. The number of hydrogen-bond acceptors (Lipinski definition) is 3. The largest absolute Gasteiger partial charge is 0.489 e. The highest BCUT2D eigenvalue weighted by atomic mass is 16.5. The van der Waals surface area contributed by atoms with E-state index in [1.807, 2.05) is 57.3 Å². The predicted octanol–water partition coefficient (Wildman–Crippen LogP) is 3.79. The van der Waals surface area contributed by atoms with Gasteiger partial charge >= 0.3 is 0 Å². The first-order chi connectivity index (χ1) is 9.15. The molecule has 0 amide bonds. The molecule has 0 atom stereocenters. The van der Waals surface area contributed by atoms with E-state index in [-0.39, 0.29) is 6.10 Å². The van der Waals surface area contributed by atoms with Gasteiger partial charge in [0.1, 0.15) is 5.75 Å². The topological polar surface area (TPSA) is 34.1 Å². The third kappa shape index (κ3) is 3.98. The molecule has 0 saturated carbocycles. The number of rotatable bonds is 5. The Morgan fingerprint density at radius 1 is 1.16 bits per heavy atom. The lowest BCUT2D eigenvalue weighted by atomic mass is 10.2. The number of pyridine rings is 1. The Morgan fingerprint density at radius 2 is 1.95 bits per heavy atom. The van der Waals surface area contributed by atoms with E-state index in [9.17, 15) is 0 Å². The Morgan fingerprint density at radius 3 is 2.63 bits per heavy atom. The van der Waals surface area contributed by atoms with Gasteiger partial charge in [-0.2, -0.15) is 0 Å². The summed E-state index contributed by atoms with van der Waals surface area (Å²) in [5, 5.41) is 3.37. The van der Waals surface area contributed by atoms with E-state index < -0.39 is 0 Å². The minimum atomic E-state index is 0.167. The summed E-state index contributed by atoms with van der Waals surface area (Å²) in [4.78, 5) is 4.38. The molecule has 0 aliphatic heterocycles. The molecule has 0 fully saturated rings. The summed E-state index contributed by atoms with van der Waals surface area (Å²) in [5.41, 5.74) is 3.19. The number of nitrogens with zero attached hydrogens (tertiary/aromatic N) is 1. The van der Waals surface area contributed by atoms with Crippen molar-refractivity contribution in [1.29, 1.82) is 0 Å². The van der Waals surface area contributed by atoms with Crippen molar-refractivity contribution in [2.75, 3.05) is 5.32 Å². The van der Waals surface area contributed by atoms with Crippen molar-refractivity contribution >= 4 is 5.69 Å². The fraction of sp³-hybridized carbons (Fsp3) is 0.312. The smallest absolute Gasteiger partial charge is 0.142 e. The maximum atomic E-state index is 5.77. The fourth-order valence-corrected chi connectivity index (χ4v) is 1.76. The van der Waals surface area contributed by atoms with E-state index in [0.29, 0.717) is 6.54 Å². The normalized spacial score (nSPS) is 10.5. The summed E-state index contributed by atoms with van der Waals surface area (Å²) in [5.74, 6) is 0.879. The van der Waals surface area contributed by atoms with Crippen molar-refractivity contribution in [1.82, 2.24) is 4.98 Å². The minimum absolute atomic E-state index is 0.167. The van der Waals surface area contributed by atoms with Crippen LogP contribution in [0, 0.1) is 6.92 Å². The molecule has 3 nitrogen and oxygen atoms in total. The van der Waals surface area contributed by atoms with Crippen molar-refractivity contribution in [3.63, 3.8) is 0 Å². The summed E-state index contributed by atoms with van der Waals surface area (Å²) in [6, 6.07) is 12.1. The van der Waals surface area contributed by atoms with Gasteiger partial charge in [-0.25, -0.2) is 0 Å². The number of para-hydroxylation sites is 2. The molecule has 1 N–H and O–H groups in total. The molecule has 0 unspecified atom stereocenters. The van der Waals surface area contributed by atoms with E-state index in [0.717, 1.165) is 17.1 Å². The first kappa shape index (κ1) is 13.4. The van der Waals surface area contributed by atoms with Crippen molar-refractivity contribution in [2.45, 2.75) is 33.4 Å². The highest BCUT2D eigenvalue weighted by Crippen LogP contribution is 2.25. The highest BCUT2D eigenvalue weighted by Gasteiger charge is 2.04. The van der Waals surface area contributed by atoms with Crippen molar-refractivity contribution in [3.05, 3.63) is 53.9 Å². The second kappa shape index (κ2) is 6.23.